The highest BCUT2D eigenvalue weighted by atomic mass is 35.5. The van der Waals surface area contributed by atoms with Crippen molar-refractivity contribution in [3.63, 3.8) is 0 Å². The maximum atomic E-state index is 9.39. The Labute approximate surface area is 87.1 Å². The van der Waals surface area contributed by atoms with Gasteiger partial charge in [-0.25, -0.2) is 0 Å². The molecule has 4 N–H and O–H groups in total. The van der Waals surface area contributed by atoms with Crippen LogP contribution in [-0.4, -0.2) is 25.4 Å². The average molecular weight is 222 g/mol. The molecule has 0 aliphatic rings. The summed E-state index contributed by atoms with van der Waals surface area (Å²) in [6.45, 7) is 1.14. The number of aliphatic hydroxyl groups excluding tert-OH is 2. The first-order chi connectivity index (χ1) is 6.07. The van der Waals surface area contributed by atoms with Crippen molar-refractivity contribution >= 4 is 12.4 Å². The number of nitrogens with zero attached hydrogens (tertiary/aromatic N) is 1. The number of halogens is 1. The Balaban J connectivity index is 0.00000169. The molecule has 0 aliphatic carbocycles. The van der Waals surface area contributed by atoms with E-state index in [2.05, 4.69) is 4.98 Å². The van der Waals surface area contributed by atoms with E-state index in [0.717, 1.165) is 0 Å². The van der Waals surface area contributed by atoms with Crippen molar-refractivity contribution in [2.75, 3.05) is 0 Å². The van der Waals surface area contributed by atoms with E-state index in [9.17, 15) is 5.11 Å². The van der Waals surface area contributed by atoms with Crippen molar-refractivity contribution in [2.45, 2.75) is 19.8 Å². The Bertz CT molecular complexity index is 316. The Morgan fingerprint density at radius 3 is 2.43 bits per heavy atom. The summed E-state index contributed by atoms with van der Waals surface area (Å²) < 4.78 is 0. The third-order valence-electron chi connectivity index (χ3n) is 1.79. The first kappa shape index (κ1) is 13.1. The van der Waals surface area contributed by atoms with E-state index < -0.39 is 12.9 Å². The van der Waals surface area contributed by atoms with Gasteiger partial charge in [-0.3, -0.25) is 4.98 Å². The monoisotopic (exact) mass is 221 g/mol. The first-order valence-corrected chi connectivity index (χ1v) is 3.72. The maximum absolute atomic E-state index is 9.39. The van der Waals surface area contributed by atoms with Crippen molar-refractivity contribution in [2.24, 2.45) is 0 Å². The zero-order valence-corrected chi connectivity index (χ0v) is 8.32. The molecule has 0 aromatic carbocycles. The lowest BCUT2D eigenvalue weighted by molar-refractivity contribution is -0.0453. The fraction of sp³-hybridized carbons (Fsp3) is 0.375. The van der Waals surface area contributed by atoms with Gasteiger partial charge in [0.15, 0.2) is 6.29 Å². The van der Waals surface area contributed by atoms with Crippen LogP contribution < -0.4 is 0 Å². The molecule has 0 amide bonds. The highest BCUT2D eigenvalue weighted by Crippen LogP contribution is 2.28. The Kier molecular flexibility index (Phi) is 4.79. The molecule has 0 bridgehead atoms. The Morgan fingerprint density at radius 1 is 1.43 bits per heavy atom. The molecular formula is C8H12ClNO4. The van der Waals surface area contributed by atoms with Crippen molar-refractivity contribution in [3.05, 3.63) is 23.0 Å². The van der Waals surface area contributed by atoms with Crippen molar-refractivity contribution in [3.8, 4) is 5.75 Å². The number of hydrogen-bond acceptors (Lipinski definition) is 5. The van der Waals surface area contributed by atoms with Crippen LogP contribution in [-0.2, 0) is 6.61 Å². The van der Waals surface area contributed by atoms with Gasteiger partial charge in [-0.05, 0) is 6.92 Å². The van der Waals surface area contributed by atoms with E-state index in [1.807, 2.05) is 0 Å². The second-order valence-corrected chi connectivity index (χ2v) is 2.66. The zero-order chi connectivity index (χ0) is 10.0. The Hall–Kier alpha value is -0.880. The second kappa shape index (κ2) is 5.11. The number of aliphatic hydroxyl groups is 3. The van der Waals surface area contributed by atoms with Gasteiger partial charge in [0.25, 0.3) is 0 Å². The number of aromatic nitrogens is 1. The molecule has 6 heteroatoms. The lowest BCUT2D eigenvalue weighted by Crippen LogP contribution is -2.04. The fourth-order valence-corrected chi connectivity index (χ4v) is 1.07. The van der Waals surface area contributed by atoms with Crippen molar-refractivity contribution < 1.29 is 20.4 Å². The quantitative estimate of drug-likeness (QED) is 0.527. The van der Waals surface area contributed by atoms with Gasteiger partial charge in [-0.1, -0.05) is 0 Å². The van der Waals surface area contributed by atoms with Crippen LogP contribution in [0.1, 0.15) is 23.1 Å². The molecule has 14 heavy (non-hydrogen) atoms. The van der Waals surface area contributed by atoms with Crippen molar-refractivity contribution in [1.82, 2.24) is 4.98 Å². The molecule has 0 fully saturated rings. The molecule has 0 atom stereocenters. The summed E-state index contributed by atoms with van der Waals surface area (Å²) in [5.74, 6) is -0.290. The lowest BCUT2D eigenvalue weighted by atomic mass is 10.1. The van der Waals surface area contributed by atoms with Crippen LogP contribution in [0.3, 0.4) is 0 Å². The van der Waals surface area contributed by atoms with E-state index in [-0.39, 0.29) is 29.3 Å². The summed E-state index contributed by atoms with van der Waals surface area (Å²) in [6, 6.07) is 0. The van der Waals surface area contributed by atoms with Crippen molar-refractivity contribution in [1.29, 1.82) is 0 Å². The van der Waals surface area contributed by atoms with E-state index in [0.29, 0.717) is 5.69 Å². The van der Waals surface area contributed by atoms with Gasteiger partial charge in [0.05, 0.1) is 17.9 Å². The zero-order valence-electron chi connectivity index (χ0n) is 7.51. The summed E-state index contributed by atoms with van der Waals surface area (Å²) >= 11 is 0. The minimum Gasteiger partial charge on any atom is -0.506 e. The van der Waals surface area contributed by atoms with Gasteiger partial charge in [-0.2, -0.15) is 0 Å². The van der Waals surface area contributed by atoms with Gasteiger partial charge in [-0.15, -0.1) is 12.4 Å². The maximum Gasteiger partial charge on any atom is 0.182 e. The number of hydrogen-bond donors (Lipinski definition) is 4. The van der Waals surface area contributed by atoms with Gasteiger partial charge < -0.3 is 20.4 Å². The SMILES string of the molecule is Cc1ncc(CO)c(C(O)O)c1O.Cl. The van der Waals surface area contributed by atoms with Gasteiger partial charge >= 0.3 is 0 Å². The molecule has 5 nitrogen and oxygen atoms in total. The summed E-state index contributed by atoms with van der Waals surface area (Å²) in [6.07, 6.45) is -0.507. The molecule has 0 spiro atoms. The highest BCUT2D eigenvalue weighted by Gasteiger charge is 2.16. The van der Waals surface area contributed by atoms with E-state index in [1.54, 1.807) is 0 Å². The predicted molar refractivity (Wildman–Crippen MR) is 51.0 cm³/mol. The van der Waals surface area contributed by atoms with Gasteiger partial charge in [0, 0.05) is 11.8 Å². The van der Waals surface area contributed by atoms with Crippen LogP contribution in [0.25, 0.3) is 0 Å². The molecule has 1 rings (SSSR count). The van der Waals surface area contributed by atoms with E-state index >= 15 is 0 Å². The second-order valence-electron chi connectivity index (χ2n) is 2.66. The van der Waals surface area contributed by atoms with Crippen LogP contribution in [0.4, 0.5) is 0 Å². The summed E-state index contributed by atoms with van der Waals surface area (Å²) in [5.41, 5.74) is 0.411. The number of aryl methyl sites for hydroxylation is 1. The molecule has 0 aliphatic heterocycles. The molecule has 1 aromatic heterocycles. The summed E-state index contributed by atoms with van der Waals surface area (Å²) in [5, 5.41) is 36.0. The van der Waals surface area contributed by atoms with E-state index in [1.165, 1.54) is 13.1 Å². The van der Waals surface area contributed by atoms with Crippen LogP contribution >= 0.6 is 12.4 Å². The molecule has 1 aromatic rings. The third-order valence-corrected chi connectivity index (χ3v) is 1.79. The molecule has 0 radical (unpaired) electrons. The predicted octanol–water partition coefficient (Wildman–Crippen LogP) is -0.00708. The van der Waals surface area contributed by atoms with Crippen LogP contribution in [0, 0.1) is 6.92 Å². The smallest absolute Gasteiger partial charge is 0.182 e. The first-order valence-electron chi connectivity index (χ1n) is 3.72. The minimum atomic E-state index is -1.80. The van der Waals surface area contributed by atoms with Gasteiger partial charge in [0.1, 0.15) is 5.75 Å². The standard InChI is InChI=1S/C8H11NO4.ClH/c1-4-7(11)6(8(12)13)5(3-10)2-9-4;/h2,8,10-13H,3H2,1H3;1H. The highest BCUT2D eigenvalue weighted by molar-refractivity contribution is 5.85. The number of aromatic hydroxyl groups is 1. The third kappa shape index (κ3) is 2.33. The minimum absolute atomic E-state index is 0. The van der Waals surface area contributed by atoms with Crippen LogP contribution in [0.2, 0.25) is 0 Å². The lowest BCUT2D eigenvalue weighted by Gasteiger charge is -2.12. The average Bonchev–Trinajstić information content (AvgIpc) is 2.08. The largest absolute Gasteiger partial charge is 0.506 e. The summed E-state index contributed by atoms with van der Waals surface area (Å²) in [4.78, 5) is 3.76. The molecule has 0 saturated carbocycles. The summed E-state index contributed by atoms with van der Waals surface area (Å²) in [7, 11) is 0. The van der Waals surface area contributed by atoms with E-state index in [4.69, 9.17) is 15.3 Å². The normalized spacial score (nSPS) is 10.1. The topological polar surface area (TPSA) is 93.8 Å². The molecule has 80 valence electrons. The Morgan fingerprint density at radius 2 is 2.00 bits per heavy atom. The van der Waals surface area contributed by atoms with Gasteiger partial charge in [0.2, 0.25) is 0 Å². The number of rotatable bonds is 2. The molecular weight excluding hydrogens is 210 g/mol. The molecule has 0 unspecified atom stereocenters. The fourth-order valence-electron chi connectivity index (χ4n) is 1.07. The molecule has 1 heterocycles. The molecule has 0 saturated heterocycles. The van der Waals surface area contributed by atoms with Crippen LogP contribution in [0.15, 0.2) is 6.20 Å². The number of pyridine rings is 1. The van der Waals surface area contributed by atoms with Crippen LogP contribution in [0.5, 0.6) is 5.75 Å².